The van der Waals surface area contributed by atoms with Crippen LogP contribution >= 0.6 is 7.82 Å². The van der Waals surface area contributed by atoms with Crippen LogP contribution in [0.4, 0.5) is 14.6 Å². The number of hydrogen-bond donors (Lipinski definition) is 2. The summed E-state index contributed by atoms with van der Waals surface area (Å²) < 4.78 is 61.1. The Hall–Kier alpha value is -1.43. The average Bonchev–Trinajstić information content (AvgIpc) is 2.80. The normalized spacial score (nSPS) is 37.3. The van der Waals surface area contributed by atoms with Crippen LogP contribution in [0.3, 0.4) is 0 Å². The SMILES string of the molecule is CC(C)OP1(=O)OC[C@]2(C(F)F)O[C@H](n3ccc(N)nc3=O)[C@@H](O)[C@H]2O1. The molecular formula is C13H18F2N3O7P. The fraction of sp³-hybridized carbons (Fsp3) is 0.692. The Morgan fingerprint density at radius 3 is 2.81 bits per heavy atom. The summed E-state index contributed by atoms with van der Waals surface area (Å²) in [5.41, 5.74) is 2.04. The second-order valence-corrected chi connectivity index (χ2v) is 7.77. The number of nitrogen functional groups attached to an aromatic ring is 1. The molecule has 0 radical (unpaired) electrons. The van der Waals surface area contributed by atoms with Crippen LogP contribution in [0.25, 0.3) is 0 Å². The number of aliphatic hydroxyl groups excluding tert-OH is 1. The van der Waals surface area contributed by atoms with Crippen molar-refractivity contribution in [2.24, 2.45) is 0 Å². The molecule has 13 heteroatoms. The van der Waals surface area contributed by atoms with Crippen LogP contribution in [0.2, 0.25) is 0 Å². The van der Waals surface area contributed by atoms with E-state index in [0.717, 1.165) is 10.8 Å². The van der Waals surface area contributed by atoms with E-state index in [1.807, 2.05) is 0 Å². The Balaban J connectivity index is 1.97. The highest BCUT2D eigenvalue weighted by Crippen LogP contribution is 2.61. The molecule has 1 aromatic heterocycles. The van der Waals surface area contributed by atoms with E-state index in [2.05, 4.69) is 4.98 Å². The standard InChI is InChI=1S/C13H18F2N3O7P/c1-6(2)24-26(21)22-5-13(11(14)15)9(25-26)8(19)10(23-13)18-4-3-7(16)17-12(18)20/h3-4,6,8-11,19H,5H2,1-2H3,(H2,16,17,20)/t8-,9+,10-,13-,26?/m0/s1. The first-order valence-electron chi connectivity index (χ1n) is 7.68. The molecule has 146 valence electrons. The van der Waals surface area contributed by atoms with Crippen molar-refractivity contribution >= 4 is 13.6 Å². The Kier molecular flexibility index (Phi) is 4.93. The van der Waals surface area contributed by atoms with Crippen LogP contribution in [-0.2, 0) is 22.9 Å². The fourth-order valence-electron chi connectivity index (χ4n) is 2.81. The first-order chi connectivity index (χ1) is 12.1. The number of halogens is 2. The molecule has 5 atom stereocenters. The summed E-state index contributed by atoms with van der Waals surface area (Å²) >= 11 is 0. The van der Waals surface area contributed by atoms with E-state index in [0.29, 0.717) is 0 Å². The van der Waals surface area contributed by atoms with E-state index in [4.69, 9.17) is 24.0 Å². The van der Waals surface area contributed by atoms with Gasteiger partial charge in [0.1, 0.15) is 18.0 Å². The molecule has 2 saturated heterocycles. The van der Waals surface area contributed by atoms with Gasteiger partial charge >= 0.3 is 13.5 Å². The van der Waals surface area contributed by atoms with E-state index in [9.17, 15) is 23.2 Å². The molecule has 10 nitrogen and oxygen atoms in total. The number of ether oxygens (including phenoxy) is 1. The van der Waals surface area contributed by atoms with Crippen molar-refractivity contribution in [2.45, 2.75) is 50.4 Å². The second kappa shape index (κ2) is 6.63. The second-order valence-electron chi connectivity index (χ2n) is 6.20. The molecule has 3 heterocycles. The predicted octanol–water partition coefficient (Wildman–Crippen LogP) is 0.668. The van der Waals surface area contributed by atoms with E-state index >= 15 is 0 Å². The summed E-state index contributed by atoms with van der Waals surface area (Å²) in [6.45, 7) is 2.24. The number of aromatic nitrogens is 2. The molecule has 3 N–H and O–H groups in total. The van der Waals surface area contributed by atoms with Crippen molar-refractivity contribution in [1.29, 1.82) is 0 Å². The Labute approximate surface area is 146 Å². The minimum Gasteiger partial charge on any atom is -0.386 e. The first kappa shape index (κ1) is 19.3. The number of rotatable bonds is 4. The number of nitrogens with zero attached hydrogens (tertiary/aromatic N) is 2. The lowest BCUT2D eigenvalue weighted by Crippen LogP contribution is -2.56. The number of anilines is 1. The molecule has 0 aliphatic carbocycles. The third-order valence-electron chi connectivity index (χ3n) is 3.95. The van der Waals surface area contributed by atoms with Gasteiger partial charge in [-0.1, -0.05) is 0 Å². The fourth-order valence-corrected chi connectivity index (χ4v) is 4.44. The monoisotopic (exact) mass is 397 g/mol. The predicted molar refractivity (Wildman–Crippen MR) is 82.4 cm³/mol. The molecule has 0 aromatic carbocycles. The van der Waals surface area contributed by atoms with Gasteiger partial charge in [0.2, 0.25) is 0 Å². The number of nitrogens with two attached hydrogens (primary N) is 1. The van der Waals surface area contributed by atoms with Gasteiger partial charge in [0, 0.05) is 6.20 Å². The topological polar surface area (TPSA) is 135 Å². The van der Waals surface area contributed by atoms with E-state index < -0.39 is 56.7 Å². The van der Waals surface area contributed by atoms with Gasteiger partial charge < -0.3 is 15.6 Å². The van der Waals surface area contributed by atoms with Crippen molar-refractivity contribution in [3.05, 3.63) is 22.7 Å². The van der Waals surface area contributed by atoms with Gasteiger partial charge in [-0.15, -0.1) is 0 Å². The lowest BCUT2D eigenvalue weighted by molar-refractivity contribution is -0.208. The minimum absolute atomic E-state index is 0.0888. The molecule has 0 bridgehead atoms. The van der Waals surface area contributed by atoms with Gasteiger partial charge in [-0.05, 0) is 19.9 Å². The molecule has 2 aliphatic rings. The van der Waals surface area contributed by atoms with Crippen LogP contribution in [-0.4, -0.2) is 51.6 Å². The molecule has 0 spiro atoms. The van der Waals surface area contributed by atoms with Crippen molar-refractivity contribution in [1.82, 2.24) is 9.55 Å². The van der Waals surface area contributed by atoms with Crippen molar-refractivity contribution in [3.8, 4) is 0 Å². The highest BCUT2D eigenvalue weighted by atomic mass is 31.2. The van der Waals surface area contributed by atoms with Crippen LogP contribution in [0.5, 0.6) is 0 Å². The number of fused-ring (bicyclic) bond motifs is 1. The van der Waals surface area contributed by atoms with Gasteiger partial charge in [-0.25, -0.2) is 18.1 Å². The summed E-state index contributed by atoms with van der Waals surface area (Å²) in [4.78, 5) is 15.4. The average molecular weight is 397 g/mol. The number of phosphoric ester groups is 1. The van der Waals surface area contributed by atoms with Gasteiger partial charge in [0.05, 0.1) is 12.7 Å². The van der Waals surface area contributed by atoms with Gasteiger partial charge in [-0.2, -0.15) is 4.98 Å². The number of alkyl halides is 2. The Morgan fingerprint density at radius 2 is 2.23 bits per heavy atom. The van der Waals surface area contributed by atoms with Gasteiger partial charge in [-0.3, -0.25) is 18.1 Å². The quantitative estimate of drug-likeness (QED) is 0.703. The highest BCUT2D eigenvalue weighted by Gasteiger charge is 2.67. The lowest BCUT2D eigenvalue weighted by Gasteiger charge is -2.39. The van der Waals surface area contributed by atoms with E-state index in [1.165, 1.54) is 6.07 Å². The zero-order chi connectivity index (χ0) is 19.3. The third kappa shape index (κ3) is 3.17. The summed E-state index contributed by atoms with van der Waals surface area (Å²) in [6, 6.07) is 1.23. The highest BCUT2D eigenvalue weighted by molar-refractivity contribution is 7.48. The minimum atomic E-state index is -4.19. The Bertz CT molecular complexity index is 791. The molecule has 0 saturated carbocycles. The maximum absolute atomic E-state index is 13.8. The van der Waals surface area contributed by atoms with Crippen LogP contribution in [0.1, 0.15) is 20.1 Å². The van der Waals surface area contributed by atoms with Crippen molar-refractivity contribution in [3.63, 3.8) is 0 Å². The molecule has 2 aliphatic heterocycles. The number of hydrogen-bond acceptors (Lipinski definition) is 9. The maximum Gasteiger partial charge on any atom is 0.475 e. The lowest BCUT2D eigenvalue weighted by atomic mass is 9.96. The number of phosphoric acid groups is 1. The summed E-state index contributed by atoms with van der Waals surface area (Å²) in [7, 11) is -4.19. The smallest absolute Gasteiger partial charge is 0.386 e. The largest absolute Gasteiger partial charge is 0.475 e. The zero-order valence-corrected chi connectivity index (χ0v) is 14.7. The van der Waals surface area contributed by atoms with Crippen LogP contribution in [0, 0.1) is 0 Å². The van der Waals surface area contributed by atoms with Gasteiger partial charge in [0.15, 0.2) is 11.8 Å². The molecule has 1 aromatic rings. The first-order valence-corrected chi connectivity index (χ1v) is 9.14. The van der Waals surface area contributed by atoms with Crippen molar-refractivity contribution in [2.75, 3.05) is 12.3 Å². The molecule has 26 heavy (non-hydrogen) atoms. The molecule has 1 unspecified atom stereocenters. The van der Waals surface area contributed by atoms with E-state index in [1.54, 1.807) is 13.8 Å². The van der Waals surface area contributed by atoms with Crippen LogP contribution in [0.15, 0.2) is 17.1 Å². The van der Waals surface area contributed by atoms with E-state index in [-0.39, 0.29) is 5.82 Å². The van der Waals surface area contributed by atoms with Crippen LogP contribution < -0.4 is 11.4 Å². The third-order valence-corrected chi connectivity index (χ3v) is 5.56. The summed E-state index contributed by atoms with van der Waals surface area (Å²) in [6.07, 6.45) is -7.70. The molecule has 3 rings (SSSR count). The zero-order valence-electron chi connectivity index (χ0n) is 13.8. The Morgan fingerprint density at radius 1 is 1.54 bits per heavy atom. The number of aliphatic hydroxyl groups is 1. The summed E-state index contributed by atoms with van der Waals surface area (Å²) in [5.74, 6) is -0.0888. The molecule has 0 amide bonds. The summed E-state index contributed by atoms with van der Waals surface area (Å²) in [5, 5.41) is 10.5. The van der Waals surface area contributed by atoms with Gasteiger partial charge in [0.25, 0.3) is 6.43 Å². The maximum atomic E-state index is 13.8. The molecular weight excluding hydrogens is 379 g/mol. The van der Waals surface area contributed by atoms with Crippen molar-refractivity contribution < 1.29 is 36.8 Å². The molecule has 2 fully saturated rings.